The molecule has 1 heterocycles. The van der Waals surface area contributed by atoms with Gasteiger partial charge in [0.05, 0.1) is 32.1 Å². The van der Waals surface area contributed by atoms with E-state index in [0.29, 0.717) is 35.0 Å². The van der Waals surface area contributed by atoms with Crippen LogP contribution in [0.2, 0.25) is 0 Å². The van der Waals surface area contributed by atoms with Crippen molar-refractivity contribution in [2.45, 2.75) is 6.61 Å². The van der Waals surface area contributed by atoms with Crippen LogP contribution in [0.5, 0.6) is 11.5 Å². The number of aliphatic hydroxyl groups is 1. The maximum Gasteiger partial charge on any atom is 0.340 e. The van der Waals surface area contributed by atoms with Gasteiger partial charge in [0.2, 0.25) is 0 Å². The van der Waals surface area contributed by atoms with Gasteiger partial charge >= 0.3 is 5.97 Å². The second kappa shape index (κ2) is 9.90. The number of esters is 1. The molecule has 8 heteroatoms. The Morgan fingerprint density at radius 3 is 2.69 bits per heavy atom. The third-order valence-corrected chi connectivity index (χ3v) is 5.05. The SMILES string of the molecule is COc1ccc(-c2nc(COC(=O)c3ccccc3NCCO)cs2)cc1OC. The second-order valence-corrected chi connectivity index (χ2v) is 6.84. The highest BCUT2D eigenvalue weighted by atomic mass is 32.1. The number of nitrogens with one attached hydrogen (secondary N) is 1. The van der Waals surface area contributed by atoms with Crippen LogP contribution in [-0.2, 0) is 11.3 Å². The van der Waals surface area contributed by atoms with Gasteiger partial charge in [-0.15, -0.1) is 11.3 Å². The molecule has 3 aromatic rings. The molecule has 7 nitrogen and oxygen atoms in total. The molecule has 0 aliphatic carbocycles. The number of hydrogen-bond donors (Lipinski definition) is 2. The lowest BCUT2D eigenvalue weighted by molar-refractivity contribution is 0.0469. The molecule has 0 saturated heterocycles. The van der Waals surface area contributed by atoms with Gasteiger partial charge < -0.3 is 24.6 Å². The first-order valence-electron chi connectivity index (χ1n) is 8.94. The van der Waals surface area contributed by atoms with Gasteiger partial charge in [0.15, 0.2) is 11.5 Å². The number of aromatic nitrogens is 1. The molecule has 29 heavy (non-hydrogen) atoms. The van der Waals surface area contributed by atoms with Crippen molar-refractivity contribution in [3.8, 4) is 22.1 Å². The zero-order chi connectivity index (χ0) is 20.6. The van der Waals surface area contributed by atoms with Crippen molar-refractivity contribution in [2.24, 2.45) is 0 Å². The third-order valence-electron chi connectivity index (χ3n) is 4.11. The molecule has 0 saturated carbocycles. The average Bonchev–Trinajstić information content (AvgIpc) is 3.24. The predicted molar refractivity (Wildman–Crippen MR) is 112 cm³/mol. The molecule has 2 aromatic carbocycles. The summed E-state index contributed by atoms with van der Waals surface area (Å²) in [7, 11) is 3.17. The van der Waals surface area contributed by atoms with E-state index in [1.165, 1.54) is 11.3 Å². The Morgan fingerprint density at radius 2 is 1.93 bits per heavy atom. The summed E-state index contributed by atoms with van der Waals surface area (Å²) in [6.45, 7) is 0.392. The molecule has 0 atom stereocenters. The number of methoxy groups -OCH3 is 2. The van der Waals surface area contributed by atoms with Crippen LogP contribution in [0.25, 0.3) is 10.6 Å². The molecule has 0 bridgehead atoms. The number of thiazole rings is 1. The van der Waals surface area contributed by atoms with Crippen LogP contribution in [0.3, 0.4) is 0 Å². The van der Waals surface area contributed by atoms with Crippen molar-refractivity contribution < 1.29 is 24.1 Å². The van der Waals surface area contributed by atoms with E-state index in [-0.39, 0.29) is 13.2 Å². The van der Waals surface area contributed by atoms with Crippen molar-refractivity contribution >= 4 is 23.0 Å². The maximum absolute atomic E-state index is 12.5. The number of anilines is 1. The average molecular weight is 414 g/mol. The summed E-state index contributed by atoms with van der Waals surface area (Å²) in [5, 5.41) is 14.6. The quantitative estimate of drug-likeness (QED) is 0.517. The van der Waals surface area contributed by atoms with E-state index in [1.807, 2.05) is 29.6 Å². The van der Waals surface area contributed by atoms with Crippen LogP contribution in [-0.4, -0.2) is 43.4 Å². The minimum Gasteiger partial charge on any atom is -0.493 e. The highest BCUT2D eigenvalue weighted by molar-refractivity contribution is 7.13. The Balaban J connectivity index is 1.68. The molecule has 0 aliphatic rings. The van der Waals surface area contributed by atoms with Crippen LogP contribution in [0, 0.1) is 0 Å². The monoisotopic (exact) mass is 414 g/mol. The summed E-state index contributed by atoms with van der Waals surface area (Å²) >= 11 is 1.46. The highest BCUT2D eigenvalue weighted by Gasteiger charge is 2.14. The fourth-order valence-electron chi connectivity index (χ4n) is 2.70. The summed E-state index contributed by atoms with van der Waals surface area (Å²) in [6.07, 6.45) is 0. The van der Waals surface area contributed by atoms with E-state index < -0.39 is 5.97 Å². The number of benzene rings is 2. The number of hydrogen-bond acceptors (Lipinski definition) is 8. The van der Waals surface area contributed by atoms with Crippen LogP contribution in [0.1, 0.15) is 16.1 Å². The molecule has 152 valence electrons. The van der Waals surface area contributed by atoms with Crippen molar-refractivity contribution in [3.63, 3.8) is 0 Å². The zero-order valence-electron chi connectivity index (χ0n) is 16.2. The third kappa shape index (κ3) is 5.04. The van der Waals surface area contributed by atoms with Crippen molar-refractivity contribution in [1.29, 1.82) is 0 Å². The summed E-state index contributed by atoms with van der Waals surface area (Å²) in [5.41, 5.74) is 2.59. The number of carbonyl (C=O) groups excluding carboxylic acids is 1. The van der Waals surface area contributed by atoms with Gasteiger partial charge in [-0.1, -0.05) is 12.1 Å². The van der Waals surface area contributed by atoms with Gasteiger partial charge in [0, 0.05) is 23.2 Å². The Labute approximate surface area is 172 Å². The predicted octanol–water partition coefficient (Wildman–Crippen LogP) is 3.59. The van der Waals surface area contributed by atoms with Crippen molar-refractivity contribution in [3.05, 3.63) is 59.1 Å². The maximum atomic E-state index is 12.5. The van der Waals surface area contributed by atoms with E-state index in [0.717, 1.165) is 10.6 Å². The summed E-state index contributed by atoms with van der Waals surface area (Å²) in [4.78, 5) is 17.0. The lowest BCUT2D eigenvalue weighted by Gasteiger charge is -2.10. The Hall–Kier alpha value is -3.10. The number of carbonyl (C=O) groups is 1. The molecule has 1 aromatic heterocycles. The highest BCUT2D eigenvalue weighted by Crippen LogP contribution is 2.33. The van der Waals surface area contributed by atoms with Crippen LogP contribution in [0.4, 0.5) is 5.69 Å². The van der Waals surface area contributed by atoms with E-state index in [1.54, 1.807) is 32.4 Å². The lowest BCUT2D eigenvalue weighted by Crippen LogP contribution is -2.12. The number of para-hydroxylation sites is 1. The first kappa shape index (κ1) is 20.6. The van der Waals surface area contributed by atoms with Gasteiger partial charge in [-0.25, -0.2) is 9.78 Å². The van der Waals surface area contributed by atoms with Crippen LogP contribution in [0.15, 0.2) is 47.8 Å². The van der Waals surface area contributed by atoms with Gasteiger partial charge in [-0.2, -0.15) is 0 Å². The second-order valence-electron chi connectivity index (χ2n) is 5.99. The lowest BCUT2D eigenvalue weighted by atomic mass is 10.2. The van der Waals surface area contributed by atoms with E-state index in [2.05, 4.69) is 10.3 Å². The van der Waals surface area contributed by atoms with Crippen molar-refractivity contribution in [2.75, 3.05) is 32.7 Å². The van der Waals surface area contributed by atoms with Gasteiger partial charge in [-0.3, -0.25) is 0 Å². The Kier molecular flexibility index (Phi) is 7.04. The smallest absolute Gasteiger partial charge is 0.340 e. The molecular weight excluding hydrogens is 392 g/mol. The van der Waals surface area contributed by atoms with Crippen LogP contribution < -0.4 is 14.8 Å². The molecular formula is C21H22N2O5S. The Bertz CT molecular complexity index is 973. The molecule has 0 amide bonds. The first-order chi connectivity index (χ1) is 14.2. The number of aliphatic hydroxyl groups excluding tert-OH is 1. The molecule has 0 spiro atoms. The minimum atomic E-state index is -0.452. The number of ether oxygens (including phenoxy) is 3. The zero-order valence-corrected chi connectivity index (χ0v) is 17.0. The minimum absolute atomic E-state index is 0.0267. The van der Waals surface area contributed by atoms with Gasteiger partial charge in [-0.05, 0) is 30.3 Å². The standard InChI is InChI=1S/C21H22N2O5S/c1-26-18-8-7-14(11-19(18)27-2)20-23-15(13-29-20)12-28-21(25)16-5-3-4-6-17(16)22-9-10-24/h3-8,11,13,22,24H,9-10,12H2,1-2H3. The molecule has 0 aliphatic heterocycles. The van der Waals surface area contributed by atoms with E-state index in [4.69, 9.17) is 19.3 Å². The number of rotatable bonds is 9. The topological polar surface area (TPSA) is 89.9 Å². The molecule has 0 fully saturated rings. The Morgan fingerprint density at radius 1 is 1.14 bits per heavy atom. The van der Waals surface area contributed by atoms with Crippen LogP contribution >= 0.6 is 11.3 Å². The normalized spacial score (nSPS) is 10.4. The van der Waals surface area contributed by atoms with Gasteiger partial charge in [0.25, 0.3) is 0 Å². The summed E-state index contributed by atoms with van der Waals surface area (Å²) < 4.78 is 16.0. The number of nitrogens with zero attached hydrogens (tertiary/aromatic N) is 1. The molecule has 0 unspecified atom stereocenters. The summed E-state index contributed by atoms with van der Waals surface area (Å²) in [5.74, 6) is 0.822. The molecule has 0 radical (unpaired) electrons. The molecule has 3 rings (SSSR count). The van der Waals surface area contributed by atoms with Crippen molar-refractivity contribution in [1.82, 2.24) is 4.98 Å². The summed E-state index contributed by atoms with van der Waals surface area (Å²) in [6, 6.07) is 12.6. The van der Waals surface area contributed by atoms with Gasteiger partial charge in [0.1, 0.15) is 11.6 Å². The molecule has 2 N–H and O–H groups in total. The fourth-order valence-corrected chi connectivity index (χ4v) is 3.50. The van der Waals surface area contributed by atoms with E-state index in [9.17, 15) is 4.79 Å². The largest absolute Gasteiger partial charge is 0.493 e. The fraction of sp³-hybridized carbons (Fsp3) is 0.238. The van der Waals surface area contributed by atoms with E-state index >= 15 is 0 Å². The first-order valence-corrected chi connectivity index (χ1v) is 9.82.